The molecule has 1 fully saturated rings. The minimum absolute atomic E-state index is 0.0319. The molecule has 5 nitrogen and oxygen atoms in total. The Hall–Kier alpha value is -2.37. The molecular weight excluding hydrogens is 364 g/mol. The molecule has 2 aromatic carbocycles. The van der Waals surface area contributed by atoms with Crippen molar-refractivity contribution in [3.05, 3.63) is 70.8 Å². The van der Waals surface area contributed by atoms with Crippen molar-refractivity contribution in [2.75, 3.05) is 20.3 Å². The monoisotopic (exact) mass is 394 g/mol. The fraction of sp³-hybridized carbons (Fsp3) is 0.458. The maximum atomic E-state index is 12.7. The molecule has 0 spiro atoms. The first-order valence-corrected chi connectivity index (χ1v) is 10.6. The summed E-state index contributed by atoms with van der Waals surface area (Å²) in [6.07, 6.45) is 4.24. The number of benzene rings is 2. The molecule has 0 bridgehead atoms. The molecule has 1 atom stereocenters. The second-order valence-corrected chi connectivity index (χ2v) is 7.97. The highest BCUT2D eigenvalue weighted by Gasteiger charge is 2.28. The van der Waals surface area contributed by atoms with Crippen LogP contribution in [0.3, 0.4) is 0 Å². The van der Waals surface area contributed by atoms with Gasteiger partial charge in [0.25, 0.3) is 0 Å². The summed E-state index contributed by atoms with van der Waals surface area (Å²) in [5.41, 5.74) is 4.86. The molecule has 1 aliphatic heterocycles. The zero-order valence-corrected chi connectivity index (χ0v) is 17.1. The molecular formula is C24H30N2O3. The second kappa shape index (κ2) is 9.42. The lowest BCUT2D eigenvalue weighted by Crippen LogP contribution is -2.38. The number of carbonyl (C=O) groups is 1. The molecule has 29 heavy (non-hydrogen) atoms. The Bertz CT molecular complexity index is 832. The van der Waals surface area contributed by atoms with Gasteiger partial charge in [-0.05, 0) is 47.9 Å². The highest BCUT2D eigenvalue weighted by Crippen LogP contribution is 2.34. The van der Waals surface area contributed by atoms with E-state index < -0.39 is 0 Å². The van der Waals surface area contributed by atoms with Crippen LogP contribution >= 0.6 is 0 Å². The lowest BCUT2D eigenvalue weighted by atomic mass is 10.1. The predicted octanol–water partition coefficient (Wildman–Crippen LogP) is 4.21. The Morgan fingerprint density at radius 1 is 1.10 bits per heavy atom. The average Bonchev–Trinajstić information content (AvgIpc) is 3.21. The minimum Gasteiger partial charge on any atom is -0.381 e. The number of nitrogens with zero attached hydrogens (tertiary/aromatic N) is 1. The fourth-order valence-electron chi connectivity index (χ4n) is 4.27. The Balaban J connectivity index is 1.29. The summed E-state index contributed by atoms with van der Waals surface area (Å²) >= 11 is 0. The minimum atomic E-state index is -0.0319. The van der Waals surface area contributed by atoms with Crippen LogP contribution in [0.1, 0.15) is 47.6 Å². The van der Waals surface area contributed by atoms with Gasteiger partial charge in [0, 0.05) is 26.8 Å². The summed E-state index contributed by atoms with van der Waals surface area (Å²) < 4.78 is 11.4. The molecule has 1 N–H and O–H groups in total. The first-order valence-electron chi connectivity index (χ1n) is 10.6. The van der Waals surface area contributed by atoms with Crippen molar-refractivity contribution in [1.29, 1.82) is 0 Å². The molecule has 2 aliphatic rings. The van der Waals surface area contributed by atoms with Gasteiger partial charge in [-0.3, -0.25) is 0 Å². The van der Waals surface area contributed by atoms with E-state index in [2.05, 4.69) is 41.7 Å². The van der Waals surface area contributed by atoms with Crippen LogP contribution in [0.5, 0.6) is 0 Å². The van der Waals surface area contributed by atoms with E-state index in [0.29, 0.717) is 13.2 Å². The average molecular weight is 395 g/mol. The van der Waals surface area contributed by atoms with Crippen LogP contribution < -0.4 is 5.32 Å². The van der Waals surface area contributed by atoms with E-state index >= 15 is 0 Å². The van der Waals surface area contributed by atoms with Gasteiger partial charge >= 0.3 is 6.03 Å². The van der Waals surface area contributed by atoms with Gasteiger partial charge in [0.1, 0.15) is 0 Å². The topological polar surface area (TPSA) is 50.8 Å². The summed E-state index contributed by atoms with van der Waals surface area (Å²) in [5, 5.41) is 3.07. The van der Waals surface area contributed by atoms with Crippen molar-refractivity contribution >= 4 is 6.03 Å². The summed E-state index contributed by atoms with van der Waals surface area (Å²) in [7, 11) is 1.89. The van der Waals surface area contributed by atoms with Gasteiger partial charge in [0.2, 0.25) is 0 Å². The largest absolute Gasteiger partial charge is 0.381 e. The van der Waals surface area contributed by atoms with E-state index in [1.807, 2.05) is 24.1 Å². The molecule has 0 radical (unpaired) electrons. The number of nitrogens with one attached hydrogen (secondary N) is 1. The number of urea groups is 1. The van der Waals surface area contributed by atoms with Crippen molar-refractivity contribution in [2.45, 2.75) is 51.0 Å². The van der Waals surface area contributed by atoms with Gasteiger partial charge in [-0.25, -0.2) is 4.79 Å². The molecule has 0 aromatic heterocycles. The molecule has 1 unspecified atom stereocenters. The Kier molecular flexibility index (Phi) is 6.47. The molecule has 1 heterocycles. The molecule has 4 rings (SSSR count). The Labute approximate surface area is 173 Å². The number of aryl methyl sites for hydroxylation is 1. The normalized spacial score (nSPS) is 19.0. The van der Waals surface area contributed by atoms with Crippen LogP contribution in [0.15, 0.2) is 48.5 Å². The summed E-state index contributed by atoms with van der Waals surface area (Å²) in [4.78, 5) is 14.5. The summed E-state index contributed by atoms with van der Waals surface area (Å²) in [5.74, 6) is 0. The van der Waals surface area contributed by atoms with E-state index in [0.717, 1.165) is 50.0 Å². The number of hydrogen-bond acceptors (Lipinski definition) is 3. The zero-order valence-electron chi connectivity index (χ0n) is 17.1. The summed E-state index contributed by atoms with van der Waals surface area (Å²) in [6.45, 7) is 2.69. The zero-order chi connectivity index (χ0) is 20.1. The van der Waals surface area contributed by atoms with Crippen molar-refractivity contribution in [1.82, 2.24) is 10.2 Å². The fourth-order valence-corrected chi connectivity index (χ4v) is 4.27. The van der Waals surface area contributed by atoms with Crippen LogP contribution in [0.4, 0.5) is 4.79 Å². The van der Waals surface area contributed by atoms with Crippen molar-refractivity contribution in [2.24, 2.45) is 0 Å². The lowest BCUT2D eigenvalue weighted by molar-refractivity contribution is -0.0390. The smallest absolute Gasteiger partial charge is 0.317 e. The van der Waals surface area contributed by atoms with Gasteiger partial charge < -0.3 is 19.7 Å². The SMILES string of the molecule is CN(C(=O)NCc1cccc(COC2CCOCC2)c1)C1CCc2ccccc21. The third kappa shape index (κ3) is 4.98. The van der Waals surface area contributed by atoms with Gasteiger partial charge in [0.15, 0.2) is 0 Å². The summed E-state index contributed by atoms with van der Waals surface area (Å²) in [6, 6.07) is 16.8. The number of carbonyl (C=O) groups excluding carboxylic acids is 1. The number of ether oxygens (including phenoxy) is 2. The molecule has 1 aliphatic carbocycles. The number of fused-ring (bicyclic) bond motifs is 1. The van der Waals surface area contributed by atoms with Gasteiger partial charge in [0.05, 0.1) is 18.8 Å². The highest BCUT2D eigenvalue weighted by atomic mass is 16.5. The molecule has 1 saturated heterocycles. The van der Waals surface area contributed by atoms with Crippen molar-refractivity contribution < 1.29 is 14.3 Å². The van der Waals surface area contributed by atoms with Gasteiger partial charge in [-0.15, -0.1) is 0 Å². The quantitative estimate of drug-likeness (QED) is 0.798. The number of hydrogen-bond donors (Lipinski definition) is 1. The van der Waals surface area contributed by atoms with Crippen LogP contribution in [-0.2, 0) is 29.0 Å². The van der Waals surface area contributed by atoms with Crippen LogP contribution in [-0.4, -0.2) is 37.3 Å². The standard InChI is InChI=1S/C24H30N2O3/c1-26(23-10-9-20-7-2-3-8-22(20)23)24(27)25-16-18-5-4-6-19(15-18)17-29-21-11-13-28-14-12-21/h2-8,15,21,23H,9-14,16-17H2,1H3,(H,25,27). The van der Waals surface area contributed by atoms with Crippen molar-refractivity contribution in [3.8, 4) is 0 Å². The van der Waals surface area contributed by atoms with Crippen molar-refractivity contribution in [3.63, 3.8) is 0 Å². The van der Waals surface area contributed by atoms with Crippen LogP contribution in [0.2, 0.25) is 0 Å². The Morgan fingerprint density at radius 2 is 1.90 bits per heavy atom. The Morgan fingerprint density at radius 3 is 2.76 bits per heavy atom. The first kappa shape index (κ1) is 19.9. The number of amides is 2. The molecule has 0 saturated carbocycles. The molecule has 2 amide bonds. The molecule has 2 aromatic rings. The maximum Gasteiger partial charge on any atom is 0.317 e. The van der Waals surface area contributed by atoms with E-state index in [1.165, 1.54) is 11.1 Å². The van der Waals surface area contributed by atoms with E-state index in [-0.39, 0.29) is 18.2 Å². The van der Waals surface area contributed by atoms with Gasteiger partial charge in [-0.2, -0.15) is 0 Å². The predicted molar refractivity (Wildman–Crippen MR) is 113 cm³/mol. The maximum absolute atomic E-state index is 12.7. The van der Waals surface area contributed by atoms with E-state index in [4.69, 9.17) is 9.47 Å². The lowest BCUT2D eigenvalue weighted by Gasteiger charge is -2.26. The number of rotatable bonds is 6. The van der Waals surface area contributed by atoms with Gasteiger partial charge in [-0.1, -0.05) is 48.5 Å². The second-order valence-electron chi connectivity index (χ2n) is 7.97. The molecule has 5 heteroatoms. The third-order valence-electron chi connectivity index (χ3n) is 5.98. The van der Waals surface area contributed by atoms with E-state index in [1.54, 1.807) is 0 Å². The third-order valence-corrected chi connectivity index (χ3v) is 5.98. The van der Waals surface area contributed by atoms with Crippen LogP contribution in [0, 0.1) is 0 Å². The van der Waals surface area contributed by atoms with Crippen LogP contribution in [0.25, 0.3) is 0 Å². The highest BCUT2D eigenvalue weighted by molar-refractivity contribution is 5.74. The van der Waals surface area contributed by atoms with E-state index in [9.17, 15) is 4.79 Å². The first-order chi connectivity index (χ1) is 14.2. The molecule has 154 valence electrons.